The van der Waals surface area contributed by atoms with Gasteiger partial charge in [-0.1, -0.05) is 20.3 Å². The summed E-state index contributed by atoms with van der Waals surface area (Å²) in [6.45, 7) is 13.8. The Morgan fingerprint density at radius 2 is 1.85 bits per heavy atom. The van der Waals surface area contributed by atoms with Crippen LogP contribution >= 0.6 is 0 Å². The van der Waals surface area contributed by atoms with Crippen LogP contribution in [0, 0.1) is 5.41 Å². The fourth-order valence-electron chi connectivity index (χ4n) is 3.91. The second kappa shape index (κ2) is 7.24. The van der Waals surface area contributed by atoms with Gasteiger partial charge in [0.15, 0.2) is 0 Å². The molecule has 1 aliphatic carbocycles. The lowest BCUT2D eigenvalue weighted by Gasteiger charge is -2.35. The second-order valence-corrected chi connectivity index (χ2v) is 7.61. The minimum atomic E-state index is 0.399. The fourth-order valence-corrected chi connectivity index (χ4v) is 3.91. The molecule has 3 heteroatoms. The lowest BCUT2D eigenvalue weighted by Crippen LogP contribution is -2.45. The second-order valence-electron chi connectivity index (χ2n) is 7.61. The number of ether oxygens (including phenoxy) is 1. The van der Waals surface area contributed by atoms with E-state index in [2.05, 4.69) is 37.9 Å². The van der Waals surface area contributed by atoms with Crippen LogP contribution in [0.5, 0.6) is 0 Å². The van der Waals surface area contributed by atoms with Crippen LogP contribution in [0.3, 0.4) is 0 Å². The molecule has 2 rings (SSSR count). The maximum absolute atomic E-state index is 5.78. The standard InChI is InChI=1S/C17H34N2O/c1-14-12-19(13-15(2)20-14)11-6-5-10-18-16-8-7-9-17(16,3)4/h14-16,18H,5-13H2,1-4H3/t14-,15-,16+/m1/s1. The Balaban J connectivity index is 1.55. The molecule has 1 saturated heterocycles. The predicted molar refractivity (Wildman–Crippen MR) is 85.1 cm³/mol. The van der Waals surface area contributed by atoms with Gasteiger partial charge in [0.2, 0.25) is 0 Å². The third kappa shape index (κ3) is 4.71. The predicted octanol–water partition coefficient (Wildman–Crippen LogP) is 3.04. The molecule has 0 aromatic carbocycles. The number of nitrogens with zero attached hydrogens (tertiary/aromatic N) is 1. The molecule has 0 spiro atoms. The monoisotopic (exact) mass is 282 g/mol. The van der Waals surface area contributed by atoms with Crippen molar-refractivity contribution in [3.05, 3.63) is 0 Å². The molecule has 2 aliphatic rings. The Kier molecular flexibility index (Phi) is 5.88. The smallest absolute Gasteiger partial charge is 0.0678 e. The van der Waals surface area contributed by atoms with Gasteiger partial charge in [0.05, 0.1) is 12.2 Å². The summed E-state index contributed by atoms with van der Waals surface area (Å²) in [5.41, 5.74) is 0.509. The summed E-state index contributed by atoms with van der Waals surface area (Å²) in [6, 6.07) is 0.742. The van der Waals surface area contributed by atoms with E-state index in [0.29, 0.717) is 17.6 Å². The molecule has 1 N–H and O–H groups in total. The summed E-state index contributed by atoms with van der Waals surface area (Å²) in [6.07, 6.45) is 7.55. The average Bonchev–Trinajstić information content (AvgIpc) is 2.67. The normalized spacial score (nSPS) is 34.5. The molecule has 1 heterocycles. The Bertz CT molecular complexity index is 283. The van der Waals surface area contributed by atoms with Crippen LogP contribution in [-0.2, 0) is 4.74 Å². The van der Waals surface area contributed by atoms with Gasteiger partial charge in [0.1, 0.15) is 0 Å². The van der Waals surface area contributed by atoms with Crippen LogP contribution < -0.4 is 5.32 Å². The summed E-state index contributed by atoms with van der Waals surface area (Å²) in [5.74, 6) is 0. The summed E-state index contributed by atoms with van der Waals surface area (Å²) in [5, 5.41) is 3.78. The maximum atomic E-state index is 5.78. The first-order valence-electron chi connectivity index (χ1n) is 8.58. The molecule has 3 atom stereocenters. The molecule has 1 aliphatic heterocycles. The van der Waals surface area contributed by atoms with Crippen LogP contribution in [0.25, 0.3) is 0 Å². The topological polar surface area (TPSA) is 24.5 Å². The van der Waals surface area contributed by atoms with Crippen LogP contribution in [0.15, 0.2) is 0 Å². The quantitative estimate of drug-likeness (QED) is 0.758. The molecule has 0 aromatic heterocycles. The number of hydrogen-bond acceptors (Lipinski definition) is 3. The van der Waals surface area contributed by atoms with Gasteiger partial charge < -0.3 is 10.1 Å². The van der Waals surface area contributed by atoms with E-state index in [4.69, 9.17) is 4.74 Å². The summed E-state index contributed by atoms with van der Waals surface area (Å²) in [7, 11) is 0. The molecule has 1 saturated carbocycles. The molecule has 20 heavy (non-hydrogen) atoms. The lowest BCUT2D eigenvalue weighted by molar-refractivity contribution is -0.0681. The van der Waals surface area contributed by atoms with E-state index in [9.17, 15) is 0 Å². The van der Waals surface area contributed by atoms with Crippen LogP contribution in [0.4, 0.5) is 0 Å². The number of unbranched alkanes of at least 4 members (excludes halogenated alkanes) is 1. The largest absolute Gasteiger partial charge is 0.373 e. The average molecular weight is 282 g/mol. The Morgan fingerprint density at radius 1 is 1.15 bits per heavy atom. The molecular formula is C17H34N2O. The molecular weight excluding hydrogens is 248 g/mol. The van der Waals surface area contributed by atoms with Crippen molar-refractivity contribution in [3.8, 4) is 0 Å². The molecule has 0 bridgehead atoms. The van der Waals surface area contributed by atoms with E-state index in [0.717, 1.165) is 19.1 Å². The number of nitrogens with one attached hydrogen (secondary N) is 1. The minimum absolute atomic E-state index is 0.399. The highest BCUT2D eigenvalue weighted by Gasteiger charge is 2.33. The van der Waals surface area contributed by atoms with E-state index in [1.54, 1.807) is 0 Å². The highest BCUT2D eigenvalue weighted by Crippen LogP contribution is 2.37. The molecule has 0 amide bonds. The zero-order valence-electron chi connectivity index (χ0n) is 14.0. The van der Waals surface area contributed by atoms with Crippen molar-refractivity contribution in [1.29, 1.82) is 0 Å². The summed E-state index contributed by atoms with van der Waals surface area (Å²) in [4.78, 5) is 2.57. The summed E-state index contributed by atoms with van der Waals surface area (Å²) >= 11 is 0. The van der Waals surface area contributed by atoms with Crippen LogP contribution in [0.1, 0.15) is 59.8 Å². The van der Waals surface area contributed by atoms with Crippen molar-refractivity contribution in [2.75, 3.05) is 26.2 Å². The van der Waals surface area contributed by atoms with Crippen molar-refractivity contribution in [2.24, 2.45) is 5.41 Å². The van der Waals surface area contributed by atoms with Crippen molar-refractivity contribution in [1.82, 2.24) is 10.2 Å². The van der Waals surface area contributed by atoms with Gasteiger partial charge >= 0.3 is 0 Å². The highest BCUT2D eigenvalue weighted by molar-refractivity contribution is 4.89. The minimum Gasteiger partial charge on any atom is -0.373 e. The van der Waals surface area contributed by atoms with Crippen molar-refractivity contribution in [2.45, 2.75) is 78.0 Å². The van der Waals surface area contributed by atoms with Gasteiger partial charge in [-0.3, -0.25) is 4.90 Å². The number of hydrogen-bond donors (Lipinski definition) is 1. The molecule has 118 valence electrons. The van der Waals surface area contributed by atoms with Crippen LogP contribution in [0.2, 0.25) is 0 Å². The zero-order chi connectivity index (χ0) is 14.6. The van der Waals surface area contributed by atoms with Gasteiger partial charge in [-0.15, -0.1) is 0 Å². The molecule has 0 radical (unpaired) electrons. The first-order valence-corrected chi connectivity index (χ1v) is 8.58. The van der Waals surface area contributed by atoms with Gasteiger partial charge in [0, 0.05) is 19.1 Å². The maximum Gasteiger partial charge on any atom is 0.0678 e. The van der Waals surface area contributed by atoms with E-state index in [1.165, 1.54) is 45.2 Å². The zero-order valence-corrected chi connectivity index (χ0v) is 14.0. The van der Waals surface area contributed by atoms with E-state index in [1.807, 2.05) is 0 Å². The lowest BCUT2D eigenvalue weighted by atomic mass is 9.87. The SMILES string of the molecule is C[C@@H]1CN(CCCCN[C@H]2CCCC2(C)C)C[C@@H](C)O1. The van der Waals surface area contributed by atoms with Gasteiger partial charge in [0.25, 0.3) is 0 Å². The van der Waals surface area contributed by atoms with E-state index in [-0.39, 0.29) is 0 Å². The van der Waals surface area contributed by atoms with Crippen LogP contribution in [-0.4, -0.2) is 49.3 Å². The van der Waals surface area contributed by atoms with Crippen molar-refractivity contribution < 1.29 is 4.74 Å². The Hall–Kier alpha value is -0.120. The first kappa shape index (κ1) is 16.3. The van der Waals surface area contributed by atoms with Gasteiger partial charge in [-0.05, 0) is 58.0 Å². The van der Waals surface area contributed by atoms with Gasteiger partial charge in [-0.25, -0.2) is 0 Å². The third-order valence-corrected chi connectivity index (χ3v) is 5.04. The first-order chi connectivity index (χ1) is 9.47. The number of morpholine rings is 1. The Labute approximate surface area is 125 Å². The fraction of sp³-hybridized carbons (Fsp3) is 1.00. The van der Waals surface area contributed by atoms with Crippen molar-refractivity contribution in [3.63, 3.8) is 0 Å². The van der Waals surface area contributed by atoms with Gasteiger partial charge in [-0.2, -0.15) is 0 Å². The van der Waals surface area contributed by atoms with E-state index >= 15 is 0 Å². The summed E-state index contributed by atoms with van der Waals surface area (Å²) < 4.78 is 5.78. The molecule has 0 aromatic rings. The highest BCUT2D eigenvalue weighted by atomic mass is 16.5. The molecule has 3 nitrogen and oxygen atoms in total. The Morgan fingerprint density at radius 3 is 2.45 bits per heavy atom. The van der Waals surface area contributed by atoms with E-state index < -0.39 is 0 Å². The number of rotatable bonds is 6. The van der Waals surface area contributed by atoms with Crippen molar-refractivity contribution >= 4 is 0 Å². The molecule has 0 unspecified atom stereocenters. The third-order valence-electron chi connectivity index (χ3n) is 5.04. The molecule has 2 fully saturated rings.